The second kappa shape index (κ2) is 5.30. The Morgan fingerprint density at radius 2 is 2.44 bits per heavy atom. The molecule has 1 N–H and O–H groups in total. The number of pyridine rings is 1. The van der Waals surface area contributed by atoms with Gasteiger partial charge in [-0.3, -0.25) is 10.1 Å². The van der Waals surface area contributed by atoms with Crippen molar-refractivity contribution in [2.75, 3.05) is 11.9 Å². The van der Waals surface area contributed by atoms with Gasteiger partial charge in [-0.05, 0) is 26.7 Å². The summed E-state index contributed by atoms with van der Waals surface area (Å²) in [5.74, 6) is 0.523. The average molecular weight is 251 g/mol. The predicted molar refractivity (Wildman–Crippen MR) is 67.7 cm³/mol. The van der Waals surface area contributed by atoms with Gasteiger partial charge in [0, 0.05) is 18.4 Å². The minimum absolute atomic E-state index is 0.0899. The Balaban J connectivity index is 2.09. The highest BCUT2D eigenvalue weighted by Crippen LogP contribution is 2.22. The number of aryl methyl sites for hydroxylation is 1. The molecular weight excluding hydrogens is 234 g/mol. The first-order valence-corrected chi connectivity index (χ1v) is 6.07. The van der Waals surface area contributed by atoms with Crippen LogP contribution in [0.25, 0.3) is 0 Å². The van der Waals surface area contributed by atoms with Crippen LogP contribution in [0.5, 0.6) is 0 Å². The van der Waals surface area contributed by atoms with Crippen LogP contribution >= 0.6 is 0 Å². The number of aromatic nitrogens is 1. The summed E-state index contributed by atoms with van der Waals surface area (Å²) in [6.45, 7) is 4.47. The first kappa shape index (κ1) is 12.8. The Kier molecular flexibility index (Phi) is 3.76. The zero-order valence-corrected chi connectivity index (χ0v) is 10.5. The molecule has 98 valence electrons. The maximum atomic E-state index is 10.8. The van der Waals surface area contributed by atoms with Gasteiger partial charge >= 0.3 is 0 Å². The lowest BCUT2D eigenvalue weighted by atomic mass is 10.1. The summed E-state index contributed by atoms with van der Waals surface area (Å²) in [6.07, 6.45) is 3.76. The third-order valence-corrected chi connectivity index (χ3v) is 3.17. The molecule has 2 unspecified atom stereocenters. The molecule has 0 spiro atoms. The molecule has 2 atom stereocenters. The fourth-order valence-corrected chi connectivity index (χ4v) is 2.11. The lowest BCUT2D eigenvalue weighted by molar-refractivity contribution is -0.385. The van der Waals surface area contributed by atoms with E-state index in [-0.39, 0.29) is 22.8 Å². The van der Waals surface area contributed by atoms with Crippen molar-refractivity contribution in [3.8, 4) is 0 Å². The van der Waals surface area contributed by atoms with Gasteiger partial charge in [-0.1, -0.05) is 0 Å². The van der Waals surface area contributed by atoms with Gasteiger partial charge in [0.05, 0.1) is 23.1 Å². The minimum atomic E-state index is -0.390. The lowest BCUT2D eigenvalue weighted by Gasteiger charge is -2.20. The summed E-state index contributed by atoms with van der Waals surface area (Å²) in [5.41, 5.74) is 0.655. The van der Waals surface area contributed by atoms with Gasteiger partial charge in [0.15, 0.2) is 0 Å². The Hall–Kier alpha value is -1.69. The average Bonchev–Trinajstić information content (AvgIpc) is 2.85. The van der Waals surface area contributed by atoms with Crippen LogP contribution in [0.15, 0.2) is 12.3 Å². The van der Waals surface area contributed by atoms with Crippen molar-refractivity contribution in [2.45, 2.75) is 38.8 Å². The first-order valence-electron chi connectivity index (χ1n) is 6.07. The molecule has 2 rings (SSSR count). The molecule has 0 amide bonds. The van der Waals surface area contributed by atoms with Crippen LogP contribution in [-0.4, -0.2) is 28.7 Å². The highest BCUT2D eigenvalue weighted by atomic mass is 16.6. The van der Waals surface area contributed by atoms with Gasteiger partial charge < -0.3 is 10.1 Å². The number of nitro groups is 1. The summed E-state index contributed by atoms with van der Waals surface area (Å²) in [6, 6.07) is 1.57. The second-order valence-electron chi connectivity index (χ2n) is 4.60. The number of hydrogen-bond donors (Lipinski definition) is 1. The van der Waals surface area contributed by atoms with E-state index in [4.69, 9.17) is 4.74 Å². The number of hydrogen-bond acceptors (Lipinski definition) is 5. The number of nitrogens with zero attached hydrogens (tertiary/aromatic N) is 2. The van der Waals surface area contributed by atoms with E-state index in [1.54, 1.807) is 6.92 Å². The molecule has 1 aromatic rings. The van der Waals surface area contributed by atoms with Crippen molar-refractivity contribution in [3.05, 3.63) is 27.9 Å². The van der Waals surface area contributed by atoms with Gasteiger partial charge in [-0.25, -0.2) is 4.98 Å². The first-order chi connectivity index (χ1) is 8.58. The minimum Gasteiger partial charge on any atom is -0.376 e. The van der Waals surface area contributed by atoms with E-state index >= 15 is 0 Å². The third-order valence-electron chi connectivity index (χ3n) is 3.17. The molecule has 18 heavy (non-hydrogen) atoms. The highest BCUT2D eigenvalue weighted by molar-refractivity contribution is 5.49. The molecular formula is C12H17N3O3. The smallest absolute Gasteiger partial charge is 0.277 e. The Morgan fingerprint density at radius 3 is 3.06 bits per heavy atom. The molecule has 1 aliphatic heterocycles. The van der Waals surface area contributed by atoms with Crippen LogP contribution in [0.1, 0.15) is 25.3 Å². The van der Waals surface area contributed by atoms with Crippen molar-refractivity contribution < 1.29 is 9.66 Å². The molecule has 1 aliphatic rings. The quantitative estimate of drug-likeness (QED) is 0.656. The summed E-state index contributed by atoms with van der Waals surface area (Å²) >= 11 is 0. The van der Waals surface area contributed by atoms with Crippen LogP contribution in [0.3, 0.4) is 0 Å². The number of anilines is 1. The zero-order valence-electron chi connectivity index (χ0n) is 10.5. The van der Waals surface area contributed by atoms with Crippen molar-refractivity contribution in [1.29, 1.82) is 0 Å². The van der Waals surface area contributed by atoms with Gasteiger partial charge in [-0.2, -0.15) is 0 Å². The largest absolute Gasteiger partial charge is 0.376 e. The monoisotopic (exact) mass is 251 g/mol. The van der Waals surface area contributed by atoms with E-state index < -0.39 is 0 Å². The molecule has 2 heterocycles. The number of rotatable bonds is 4. The lowest BCUT2D eigenvalue weighted by Crippen LogP contribution is -2.30. The van der Waals surface area contributed by atoms with Gasteiger partial charge in [-0.15, -0.1) is 0 Å². The highest BCUT2D eigenvalue weighted by Gasteiger charge is 2.23. The summed E-state index contributed by atoms with van der Waals surface area (Å²) in [5, 5.41) is 14.0. The SMILES string of the molecule is Cc1cnc(NC(C)C2CCCO2)cc1[N+](=O)[O-]. The predicted octanol–water partition coefficient (Wildman–Crippen LogP) is 2.28. The number of nitrogens with one attached hydrogen (secondary N) is 1. The van der Waals surface area contributed by atoms with Gasteiger partial charge in [0.1, 0.15) is 5.82 Å². The molecule has 1 aromatic heterocycles. The Bertz CT molecular complexity index is 444. The summed E-state index contributed by atoms with van der Waals surface area (Å²) in [7, 11) is 0. The molecule has 0 bridgehead atoms. The van der Waals surface area contributed by atoms with Crippen molar-refractivity contribution in [1.82, 2.24) is 4.98 Å². The molecule has 6 heteroatoms. The van der Waals surface area contributed by atoms with Crippen LogP contribution in [0.2, 0.25) is 0 Å². The standard InChI is InChI=1S/C12H17N3O3/c1-8-7-13-12(6-10(8)15(16)17)14-9(2)11-4-3-5-18-11/h6-7,9,11H,3-5H2,1-2H3,(H,13,14). The van der Waals surface area contributed by atoms with Crippen molar-refractivity contribution in [3.63, 3.8) is 0 Å². The van der Waals surface area contributed by atoms with Crippen molar-refractivity contribution in [2.24, 2.45) is 0 Å². The third kappa shape index (κ3) is 2.76. The van der Waals surface area contributed by atoms with Crippen molar-refractivity contribution >= 4 is 11.5 Å². The number of ether oxygens (including phenoxy) is 1. The molecule has 0 aliphatic carbocycles. The van der Waals surface area contributed by atoms with Crippen LogP contribution in [0, 0.1) is 17.0 Å². The molecule has 6 nitrogen and oxygen atoms in total. The van der Waals surface area contributed by atoms with Gasteiger partial charge in [0.2, 0.25) is 0 Å². The van der Waals surface area contributed by atoms with Gasteiger partial charge in [0.25, 0.3) is 5.69 Å². The molecule has 1 fully saturated rings. The van der Waals surface area contributed by atoms with Crippen LogP contribution in [-0.2, 0) is 4.74 Å². The van der Waals surface area contributed by atoms with E-state index in [1.165, 1.54) is 12.3 Å². The van der Waals surface area contributed by atoms with E-state index in [1.807, 2.05) is 6.92 Å². The molecule has 0 radical (unpaired) electrons. The van der Waals surface area contributed by atoms with E-state index in [0.717, 1.165) is 19.4 Å². The van der Waals surface area contributed by atoms with E-state index in [0.29, 0.717) is 11.4 Å². The normalized spacial score (nSPS) is 20.7. The maximum Gasteiger partial charge on any atom is 0.277 e. The van der Waals surface area contributed by atoms with Crippen LogP contribution in [0.4, 0.5) is 11.5 Å². The molecule has 0 aromatic carbocycles. The molecule has 0 saturated carbocycles. The van der Waals surface area contributed by atoms with E-state index in [9.17, 15) is 10.1 Å². The maximum absolute atomic E-state index is 10.8. The van der Waals surface area contributed by atoms with Crippen LogP contribution < -0.4 is 5.32 Å². The zero-order chi connectivity index (χ0) is 13.1. The Labute approximate surface area is 106 Å². The second-order valence-corrected chi connectivity index (χ2v) is 4.60. The Morgan fingerprint density at radius 1 is 1.67 bits per heavy atom. The van der Waals surface area contributed by atoms with E-state index in [2.05, 4.69) is 10.3 Å². The topological polar surface area (TPSA) is 77.3 Å². The summed E-state index contributed by atoms with van der Waals surface area (Å²) in [4.78, 5) is 14.6. The summed E-state index contributed by atoms with van der Waals surface area (Å²) < 4.78 is 5.56. The fraction of sp³-hybridized carbons (Fsp3) is 0.583. The fourth-order valence-electron chi connectivity index (χ4n) is 2.11. The molecule has 1 saturated heterocycles.